The molecule has 1 aromatic heterocycles. The number of aromatic nitrogens is 3. The fraction of sp³-hybridized carbons (Fsp3) is 0.571. The highest BCUT2D eigenvalue weighted by molar-refractivity contribution is 4.72. The van der Waals surface area contributed by atoms with Crippen molar-refractivity contribution in [2.24, 2.45) is 0 Å². The quantitative estimate of drug-likeness (QED) is 0.620. The first-order chi connectivity index (χ1) is 6.27. The van der Waals surface area contributed by atoms with Gasteiger partial charge in [0.2, 0.25) is 0 Å². The zero-order chi connectivity index (χ0) is 9.26. The Morgan fingerprint density at radius 1 is 1.62 bits per heavy atom. The fourth-order valence-electron chi connectivity index (χ4n) is 1.32. The van der Waals surface area contributed by atoms with Gasteiger partial charge in [0.25, 0.3) is 5.56 Å². The van der Waals surface area contributed by atoms with E-state index in [1.54, 1.807) is 0 Å². The lowest BCUT2D eigenvalue weighted by atomic mass is 10.3. The number of ether oxygens (including phenoxy) is 1. The molecule has 0 bridgehead atoms. The minimum atomic E-state index is -0.514. The van der Waals surface area contributed by atoms with Crippen LogP contribution in [0.25, 0.3) is 0 Å². The van der Waals surface area contributed by atoms with Crippen LogP contribution in [-0.4, -0.2) is 21.4 Å². The van der Waals surface area contributed by atoms with Gasteiger partial charge in [-0.2, -0.15) is 9.78 Å². The Bertz CT molecular complexity index is 402. The van der Waals surface area contributed by atoms with Crippen molar-refractivity contribution in [2.75, 3.05) is 6.61 Å². The van der Waals surface area contributed by atoms with Crippen LogP contribution in [0.3, 0.4) is 0 Å². The third kappa shape index (κ3) is 1.52. The SMILES string of the molecule is O=c1cnn([C@@H]2CCCO2)c(=O)[nH]1. The molecule has 0 aliphatic carbocycles. The Labute approximate surface area is 73.2 Å². The molecule has 0 amide bonds. The van der Waals surface area contributed by atoms with E-state index in [1.165, 1.54) is 0 Å². The second-order valence-electron chi connectivity index (χ2n) is 2.85. The Balaban J connectivity index is 2.40. The van der Waals surface area contributed by atoms with Crippen LogP contribution in [0.5, 0.6) is 0 Å². The van der Waals surface area contributed by atoms with Crippen molar-refractivity contribution in [1.29, 1.82) is 0 Å². The van der Waals surface area contributed by atoms with E-state index < -0.39 is 11.2 Å². The van der Waals surface area contributed by atoms with Gasteiger partial charge in [0.15, 0.2) is 6.23 Å². The topological polar surface area (TPSA) is 77.0 Å². The molecule has 1 aliphatic heterocycles. The van der Waals surface area contributed by atoms with Gasteiger partial charge >= 0.3 is 5.69 Å². The van der Waals surface area contributed by atoms with Crippen LogP contribution in [0.1, 0.15) is 19.1 Å². The van der Waals surface area contributed by atoms with Gasteiger partial charge in [-0.05, 0) is 12.8 Å². The van der Waals surface area contributed by atoms with Crippen molar-refractivity contribution in [3.8, 4) is 0 Å². The van der Waals surface area contributed by atoms with Crippen molar-refractivity contribution in [3.05, 3.63) is 27.0 Å². The van der Waals surface area contributed by atoms with Crippen molar-refractivity contribution in [2.45, 2.75) is 19.1 Å². The van der Waals surface area contributed by atoms with Crippen LogP contribution in [0.15, 0.2) is 15.8 Å². The molecule has 13 heavy (non-hydrogen) atoms. The Morgan fingerprint density at radius 3 is 3.08 bits per heavy atom. The maximum absolute atomic E-state index is 11.2. The summed E-state index contributed by atoms with van der Waals surface area (Å²) in [5, 5.41) is 3.70. The van der Waals surface area contributed by atoms with Crippen LogP contribution in [0.2, 0.25) is 0 Å². The lowest BCUT2D eigenvalue weighted by Gasteiger charge is -2.09. The Kier molecular flexibility index (Phi) is 1.97. The molecule has 6 heteroatoms. The Hall–Kier alpha value is -1.43. The summed E-state index contributed by atoms with van der Waals surface area (Å²) in [7, 11) is 0. The molecule has 1 fully saturated rings. The van der Waals surface area contributed by atoms with Crippen LogP contribution >= 0.6 is 0 Å². The maximum Gasteiger partial charge on any atom is 0.347 e. The van der Waals surface area contributed by atoms with Gasteiger partial charge < -0.3 is 4.74 Å². The lowest BCUT2D eigenvalue weighted by Crippen LogP contribution is -2.33. The molecular weight excluding hydrogens is 174 g/mol. The molecular formula is C7H9N3O3. The predicted molar refractivity (Wildman–Crippen MR) is 43.3 cm³/mol. The van der Waals surface area contributed by atoms with E-state index in [1.807, 2.05) is 0 Å². The third-order valence-corrected chi connectivity index (χ3v) is 1.92. The zero-order valence-corrected chi connectivity index (χ0v) is 6.90. The van der Waals surface area contributed by atoms with Crippen LogP contribution in [-0.2, 0) is 4.74 Å². The third-order valence-electron chi connectivity index (χ3n) is 1.92. The van der Waals surface area contributed by atoms with Gasteiger partial charge in [-0.15, -0.1) is 0 Å². The summed E-state index contributed by atoms with van der Waals surface area (Å²) in [6.07, 6.45) is 2.43. The first kappa shape index (κ1) is 8.18. The van der Waals surface area contributed by atoms with Crippen molar-refractivity contribution in [3.63, 3.8) is 0 Å². The largest absolute Gasteiger partial charge is 0.356 e. The summed E-state index contributed by atoms with van der Waals surface area (Å²) in [5.74, 6) is 0. The molecule has 0 unspecified atom stereocenters. The van der Waals surface area contributed by atoms with Crippen LogP contribution in [0.4, 0.5) is 0 Å². The minimum Gasteiger partial charge on any atom is -0.356 e. The molecule has 6 nitrogen and oxygen atoms in total. The second-order valence-corrected chi connectivity index (χ2v) is 2.85. The highest BCUT2D eigenvalue weighted by atomic mass is 16.5. The molecule has 1 N–H and O–H groups in total. The van der Waals surface area contributed by atoms with Crippen LogP contribution in [0, 0.1) is 0 Å². The molecule has 1 aliphatic rings. The van der Waals surface area contributed by atoms with E-state index in [0.717, 1.165) is 23.7 Å². The summed E-state index contributed by atoms with van der Waals surface area (Å²) in [6, 6.07) is 0. The molecule has 70 valence electrons. The second kappa shape index (κ2) is 3.14. The van der Waals surface area contributed by atoms with E-state index in [9.17, 15) is 9.59 Å². The normalized spacial score (nSPS) is 22.0. The van der Waals surface area contributed by atoms with Gasteiger partial charge in [0, 0.05) is 6.61 Å². The molecule has 0 spiro atoms. The molecule has 1 atom stereocenters. The fourth-order valence-corrected chi connectivity index (χ4v) is 1.32. The minimum absolute atomic E-state index is 0.315. The van der Waals surface area contributed by atoms with Crippen LogP contribution < -0.4 is 11.2 Å². The molecule has 0 radical (unpaired) electrons. The number of H-pyrrole nitrogens is 1. The summed E-state index contributed by atoms with van der Waals surface area (Å²) in [6.45, 7) is 0.637. The highest BCUT2D eigenvalue weighted by Gasteiger charge is 2.19. The molecule has 0 aromatic carbocycles. The van der Waals surface area contributed by atoms with E-state index >= 15 is 0 Å². The zero-order valence-electron chi connectivity index (χ0n) is 6.90. The lowest BCUT2D eigenvalue weighted by molar-refractivity contribution is 0.0412. The summed E-state index contributed by atoms with van der Waals surface area (Å²) >= 11 is 0. The molecule has 1 aromatic rings. The van der Waals surface area contributed by atoms with Crippen molar-refractivity contribution < 1.29 is 4.74 Å². The van der Waals surface area contributed by atoms with Crippen molar-refractivity contribution >= 4 is 0 Å². The summed E-state index contributed by atoms with van der Waals surface area (Å²) in [5.41, 5.74) is -1.00. The standard InChI is InChI=1S/C7H9N3O3/c11-5-4-8-10(7(12)9-5)6-2-1-3-13-6/h4,6H,1-3H2,(H,9,11,12)/t6-/m0/s1. The Morgan fingerprint density at radius 2 is 2.46 bits per heavy atom. The van der Waals surface area contributed by atoms with Crippen molar-refractivity contribution in [1.82, 2.24) is 14.8 Å². The van der Waals surface area contributed by atoms with E-state index in [-0.39, 0.29) is 6.23 Å². The molecule has 2 rings (SSSR count). The summed E-state index contributed by atoms with van der Waals surface area (Å²) < 4.78 is 6.40. The number of hydrogen-bond acceptors (Lipinski definition) is 4. The van der Waals surface area contributed by atoms with Gasteiger partial charge in [-0.25, -0.2) is 4.79 Å². The molecule has 0 saturated carbocycles. The van der Waals surface area contributed by atoms with E-state index in [0.29, 0.717) is 6.61 Å². The average Bonchev–Trinajstić information content (AvgIpc) is 2.56. The first-order valence-electron chi connectivity index (χ1n) is 4.07. The number of nitrogens with one attached hydrogen (secondary N) is 1. The highest BCUT2D eigenvalue weighted by Crippen LogP contribution is 2.19. The van der Waals surface area contributed by atoms with E-state index in [4.69, 9.17) is 4.74 Å². The number of rotatable bonds is 1. The summed E-state index contributed by atoms with van der Waals surface area (Å²) in [4.78, 5) is 24.0. The van der Waals surface area contributed by atoms with Gasteiger partial charge in [0.1, 0.15) is 6.20 Å². The molecule has 2 heterocycles. The van der Waals surface area contributed by atoms with Gasteiger partial charge in [0.05, 0.1) is 0 Å². The number of nitrogens with zero attached hydrogens (tertiary/aromatic N) is 2. The maximum atomic E-state index is 11.2. The average molecular weight is 183 g/mol. The first-order valence-corrected chi connectivity index (χ1v) is 4.07. The molecule has 1 saturated heterocycles. The van der Waals surface area contributed by atoms with Gasteiger partial charge in [-0.3, -0.25) is 9.78 Å². The van der Waals surface area contributed by atoms with E-state index in [2.05, 4.69) is 10.1 Å². The number of hydrogen-bond donors (Lipinski definition) is 1. The number of aromatic amines is 1. The van der Waals surface area contributed by atoms with Gasteiger partial charge in [-0.1, -0.05) is 0 Å². The predicted octanol–water partition coefficient (Wildman–Crippen LogP) is -0.759. The monoisotopic (exact) mass is 183 g/mol. The smallest absolute Gasteiger partial charge is 0.347 e.